The van der Waals surface area contributed by atoms with Gasteiger partial charge in [-0.05, 0) is 68.8 Å². The van der Waals surface area contributed by atoms with Gasteiger partial charge in [-0.15, -0.1) is 0 Å². The molecular weight excluding hydrogens is 395 g/mol. The van der Waals surface area contributed by atoms with Crippen LogP contribution in [0, 0.1) is 5.82 Å². The highest BCUT2D eigenvalue weighted by atomic mass is 19.1. The van der Waals surface area contributed by atoms with E-state index in [1.165, 1.54) is 12.1 Å². The molecule has 5 nitrogen and oxygen atoms in total. The predicted molar refractivity (Wildman–Crippen MR) is 118 cm³/mol. The Hall–Kier alpha value is -2.86. The predicted octanol–water partition coefficient (Wildman–Crippen LogP) is 5.13. The average molecular weight is 425 g/mol. The number of carbonyl (C=O) groups is 1. The third kappa shape index (κ3) is 4.44. The van der Waals surface area contributed by atoms with Gasteiger partial charge in [0, 0.05) is 18.3 Å². The first-order valence-electron chi connectivity index (χ1n) is 10.7. The Labute approximate surface area is 182 Å². The minimum absolute atomic E-state index is 0.360. The van der Waals surface area contributed by atoms with Crippen LogP contribution in [0.5, 0.6) is 0 Å². The fourth-order valence-electron chi connectivity index (χ4n) is 4.47. The number of aromatic nitrogens is 1. The van der Waals surface area contributed by atoms with Gasteiger partial charge < -0.3 is 19.3 Å². The van der Waals surface area contributed by atoms with E-state index in [1.807, 2.05) is 67.9 Å². The Bertz CT molecular complexity index is 1070. The Kier molecular flexibility index (Phi) is 5.75. The van der Waals surface area contributed by atoms with E-state index in [-0.39, 0.29) is 5.82 Å². The third-order valence-electron chi connectivity index (χ3n) is 5.76. The van der Waals surface area contributed by atoms with Crippen molar-refractivity contribution in [2.24, 2.45) is 0 Å². The third-order valence-corrected chi connectivity index (χ3v) is 5.76. The number of aliphatic hydroxyl groups is 1. The Morgan fingerprint density at radius 2 is 1.94 bits per heavy atom. The maximum atomic E-state index is 14.1. The van der Waals surface area contributed by atoms with Gasteiger partial charge in [-0.25, -0.2) is 9.18 Å². The molecule has 1 fully saturated rings. The number of halogens is 1. The number of likely N-dealkylation sites (tertiary alicyclic amines) is 1. The number of rotatable bonds is 4. The molecule has 0 saturated carbocycles. The van der Waals surface area contributed by atoms with Crippen LogP contribution in [-0.2, 0) is 4.74 Å². The lowest BCUT2D eigenvalue weighted by Gasteiger charge is -2.35. The van der Waals surface area contributed by atoms with Gasteiger partial charge in [0.25, 0.3) is 0 Å². The second kappa shape index (κ2) is 8.35. The minimum atomic E-state index is -0.937. The van der Waals surface area contributed by atoms with E-state index in [2.05, 4.69) is 0 Å². The first kappa shape index (κ1) is 21.4. The van der Waals surface area contributed by atoms with Crippen LogP contribution in [-0.4, -0.2) is 45.0 Å². The number of amides is 1. The molecule has 1 aromatic heterocycles. The van der Waals surface area contributed by atoms with Crippen molar-refractivity contribution in [3.63, 3.8) is 0 Å². The number of para-hydroxylation sites is 1. The number of ether oxygens (including phenoxy) is 1. The lowest BCUT2D eigenvalue weighted by atomic mass is 9.94. The van der Waals surface area contributed by atoms with E-state index in [0.717, 1.165) is 17.3 Å². The molecule has 0 spiro atoms. The Balaban J connectivity index is 1.74. The van der Waals surface area contributed by atoms with Crippen LogP contribution >= 0.6 is 0 Å². The topological polar surface area (TPSA) is 54.7 Å². The highest BCUT2D eigenvalue weighted by molar-refractivity contribution is 5.80. The summed E-state index contributed by atoms with van der Waals surface area (Å²) in [6.45, 7) is 6.01. The first-order chi connectivity index (χ1) is 14.7. The van der Waals surface area contributed by atoms with Gasteiger partial charge in [0.05, 0.1) is 18.2 Å². The first-order valence-corrected chi connectivity index (χ1v) is 10.7. The molecule has 1 N–H and O–H groups in total. The molecule has 164 valence electrons. The van der Waals surface area contributed by atoms with Gasteiger partial charge in [0.1, 0.15) is 11.4 Å². The van der Waals surface area contributed by atoms with E-state index in [0.29, 0.717) is 18.5 Å². The van der Waals surface area contributed by atoms with Crippen molar-refractivity contribution in [2.45, 2.75) is 57.4 Å². The molecule has 1 unspecified atom stereocenters. The zero-order valence-electron chi connectivity index (χ0n) is 18.2. The molecule has 1 amide bonds. The van der Waals surface area contributed by atoms with Gasteiger partial charge in [-0.3, -0.25) is 0 Å². The maximum absolute atomic E-state index is 14.1. The van der Waals surface area contributed by atoms with Crippen molar-refractivity contribution in [3.8, 4) is 0 Å². The smallest absolute Gasteiger partial charge is 0.410 e. The minimum Gasteiger partial charge on any atom is -0.444 e. The van der Waals surface area contributed by atoms with E-state index in [9.17, 15) is 14.3 Å². The zero-order valence-corrected chi connectivity index (χ0v) is 18.2. The lowest BCUT2D eigenvalue weighted by molar-refractivity contribution is -0.00165. The Morgan fingerprint density at radius 3 is 2.68 bits per heavy atom. The molecule has 31 heavy (non-hydrogen) atoms. The Morgan fingerprint density at radius 1 is 1.16 bits per heavy atom. The van der Waals surface area contributed by atoms with E-state index in [4.69, 9.17) is 4.74 Å². The number of carbonyl (C=O) groups excluding carboxylic acids is 1. The highest BCUT2D eigenvalue weighted by Crippen LogP contribution is 2.34. The molecule has 0 aliphatic carbocycles. The summed E-state index contributed by atoms with van der Waals surface area (Å²) in [6, 6.07) is 15.2. The van der Waals surface area contributed by atoms with Crippen LogP contribution in [0.4, 0.5) is 9.18 Å². The summed E-state index contributed by atoms with van der Waals surface area (Å²) >= 11 is 0. The monoisotopic (exact) mass is 424 g/mol. The molecule has 4 rings (SSSR count). The number of fused-ring (bicyclic) bond motifs is 1. The molecule has 6 heteroatoms. The van der Waals surface area contributed by atoms with Crippen LogP contribution in [0.3, 0.4) is 0 Å². The zero-order chi connectivity index (χ0) is 22.2. The molecule has 2 heterocycles. The van der Waals surface area contributed by atoms with Crippen molar-refractivity contribution in [3.05, 3.63) is 72.2 Å². The summed E-state index contributed by atoms with van der Waals surface area (Å²) < 4.78 is 21.7. The molecule has 1 aliphatic rings. The van der Waals surface area contributed by atoms with Crippen molar-refractivity contribution in [2.75, 3.05) is 6.54 Å². The number of benzene rings is 2. The highest BCUT2D eigenvalue weighted by Gasteiger charge is 2.40. The SMILES string of the molecule is CC(C)(C)OC(=O)N1CCC[C@@H]1C(O)[C@H](c1cccc(F)c1)n1ccc2ccccc21. The molecule has 0 radical (unpaired) electrons. The molecule has 0 bridgehead atoms. The number of hydrogen-bond donors (Lipinski definition) is 1. The number of hydrogen-bond acceptors (Lipinski definition) is 3. The number of nitrogens with zero attached hydrogens (tertiary/aromatic N) is 2. The molecule has 3 aromatic rings. The van der Waals surface area contributed by atoms with E-state index >= 15 is 0 Å². The van der Waals surface area contributed by atoms with Gasteiger partial charge in [-0.2, -0.15) is 0 Å². The maximum Gasteiger partial charge on any atom is 0.410 e. The van der Waals surface area contributed by atoms with Crippen LogP contribution in [0.2, 0.25) is 0 Å². The number of aliphatic hydroxyl groups excluding tert-OH is 1. The second-order valence-electron chi connectivity index (χ2n) is 9.16. The second-order valence-corrected chi connectivity index (χ2v) is 9.16. The molecule has 3 atom stereocenters. The normalized spacial score (nSPS) is 18.9. The molecule has 2 aromatic carbocycles. The van der Waals surface area contributed by atoms with Crippen molar-refractivity contribution < 1.29 is 19.0 Å². The molecule has 1 aliphatic heterocycles. The van der Waals surface area contributed by atoms with Crippen LogP contribution in [0.1, 0.15) is 45.2 Å². The summed E-state index contributed by atoms with van der Waals surface area (Å²) in [5.41, 5.74) is 0.982. The lowest BCUT2D eigenvalue weighted by Crippen LogP contribution is -2.48. The van der Waals surface area contributed by atoms with Gasteiger partial charge >= 0.3 is 6.09 Å². The summed E-state index contributed by atoms with van der Waals surface area (Å²) in [5, 5.41) is 12.6. The standard InChI is InChI=1S/C25H29FN2O3/c1-25(2,3)31-24(30)28-14-7-12-21(28)23(29)22(18-9-6-10-19(26)16-18)27-15-13-17-8-4-5-11-20(17)27/h4-6,8-11,13,15-16,21-23,29H,7,12,14H2,1-3H3/t21-,22+,23?/m1/s1. The van der Waals surface area contributed by atoms with Gasteiger partial charge in [0.15, 0.2) is 0 Å². The van der Waals surface area contributed by atoms with E-state index in [1.54, 1.807) is 11.0 Å². The summed E-state index contributed by atoms with van der Waals surface area (Å²) in [5.74, 6) is -0.360. The van der Waals surface area contributed by atoms with Crippen molar-refractivity contribution in [1.82, 2.24) is 9.47 Å². The summed E-state index contributed by atoms with van der Waals surface area (Å²) in [6.07, 6.45) is 1.99. The summed E-state index contributed by atoms with van der Waals surface area (Å²) in [4.78, 5) is 14.4. The largest absolute Gasteiger partial charge is 0.444 e. The fourth-order valence-corrected chi connectivity index (χ4v) is 4.47. The van der Waals surface area contributed by atoms with Crippen molar-refractivity contribution >= 4 is 17.0 Å². The van der Waals surface area contributed by atoms with Gasteiger partial charge in [0.2, 0.25) is 0 Å². The van der Waals surface area contributed by atoms with Gasteiger partial charge in [-0.1, -0.05) is 30.3 Å². The van der Waals surface area contributed by atoms with E-state index < -0.39 is 29.9 Å². The molecule has 1 saturated heterocycles. The summed E-state index contributed by atoms with van der Waals surface area (Å²) in [7, 11) is 0. The molecular formula is C25H29FN2O3. The van der Waals surface area contributed by atoms with Crippen molar-refractivity contribution in [1.29, 1.82) is 0 Å². The van der Waals surface area contributed by atoms with Crippen LogP contribution < -0.4 is 0 Å². The van der Waals surface area contributed by atoms with Crippen LogP contribution in [0.15, 0.2) is 60.8 Å². The quantitative estimate of drug-likeness (QED) is 0.632. The average Bonchev–Trinajstić information content (AvgIpc) is 3.35. The van der Waals surface area contributed by atoms with Crippen LogP contribution in [0.25, 0.3) is 10.9 Å². The fraction of sp³-hybridized carbons (Fsp3) is 0.400.